The monoisotopic (exact) mass is 362 g/mol. The van der Waals surface area contributed by atoms with Gasteiger partial charge in [0, 0.05) is 4.90 Å². The van der Waals surface area contributed by atoms with E-state index >= 15 is 0 Å². The molecule has 0 bridgehead atoms. The molecule has 0 nitrogen and oxygen atoms in total. The predicted molar refractivity (Wildman–Crippen MR) is 123 cm³/mol. The van der Waals surface area contributed by atoms with Crippen molar-refractivity contribution in [3.05, 3.63) is 45.0 Å². The fourth-order valence-corrected chi connectivity index (χ4v) is 4.61. The van der Waals surface area contributed by atoms with Crippen LogP contribution in [-0.4, -0.2) is 14.6 Å². The van der Waals surface area contributed by atoms with Crippen LogP contribution < -0.4 is 16.4 Å². The van der Waals surface area contributed by atoms with Crippen molar-refractivity contribution in [2.24, 2.45) is 0 Å². The van der Waals surface area contributed by atoms with Gasteiger partial charge in [-0.05, 0) is 70.7 Å². The standard InChI is InChI=1S/C23H32B2S/c1-12-11-19(24)17(6)20(13(12)2)25(23(8,9)10)21-15(4)14(3)16(5)22(26)18(21)7/h11,26H,1-10H3. The lowest BCUT2D eigenvalue weighted by molar-refractivity contribution is 0.749. The molecule has 0 aliphatic carbocycles. The van der Waals surface area contributed by atoms with E-state index in [0.29, 0.717) is 0 Å². The highest BCUT2D eigenvalue weighted by Gasteiger charge is 2.37. The molecular weight excluding hydrogens is 330 g/mol. The van der Waals surface area contributed by atoms with Crippen molar-refractivity contribution in [2.45, 2.75) is 79.4 Å². The highest BCUT2D eigenvalue weighted by atomic mass is 32.1. The van der Waals surface area contributed by atoms with Gasteiger partial charge in [0.2, 0.25) is 6.71 Å². The lowest BCUT2D eigenvalue weighted by Gasteiger charge is -2.35. The molecule has 0 aromatic heterocycles. The lowest BCUT2D eigenvalue weighted by Crippen LogP contribution is -2.54. The van der Waals surface area contributed by atoms with Crippen molar-refractivity contribution >= 4 is 43.6 Å². The van der Waals surface area contributed by atoms with Gasteiger partial charge in [0.1, 0.15) is 7.85 Å². The minimum Gasteiger partial charge on any atom is -0.143 e. The van der Waals surface area contributed by atoms with Crippen LogP contribution in [0.25, 0.3) is 0 Å². The molecule has 26 heavy (non-hydrogen) atoms. The summed E-state index contributed by atoms with van der Waals surface area (Å²) in [5.41, 5.74) is 12.9. The normalized spacial score (nSPS) is 11.8. The van der Waals surface area contributed by atoms with Crippen LogP contribution in [0.5, 0.6) is 0 Å². The van der Waals surface area contributed by atoms with Crippen LogP contribution in [0.3, 0.4) is 0 Å². The Bertz CT molecular complexity index is 818. The third-order valence-corrected chi connectivity index (χ3v) is 6.96. The largest absolute Gasteiger partial charge is 0.216 e. The zero-order valence-electron chi connectivity index (χ0n) is 18.2. The first kappa shape index (κ1) is 21.2. The Labute approximate surface area is 168 Å². The molecule has 0 spiro atoms. The Balaban J connectivity index is 3.01. The molecule has 0 atom stereocenters. The van der Waals surface area contributed by atoms with Crippen molar-refractivity contribution in [1.82, 2.24) is 0 Å². The van der Waals surface area contributed by atoms with E-state index in [1.54, 1.807) is 0 Å². The average Bonchev–Trinajstić information content (AvgIpc) is 2.54. The highest BCUT2D eigenvalue weighted by molar-refractivity contribution is 7.80. The van der Waals surface area contributed by atoms with Gasteiger partial charge in [0.05, 0.1) is 0 Å². The second-order valence-corrected chi connectivity index (χ2v) is 9.45. The first-order chi connectivity index (χ1) is 11.8. The Morgan fingerprint density at radius 1 is 0.731 bits per heavy atom. The van der Waals surface area contributed by atoms with Gasteiger partial charge >= 0.3 is 0 Å². The van der Waals surface area contributed by atoms with Crippen LogP contribution >= 0.6 is 12.6 Å². The minimum atomic E-state index is 0.0627. The van der Waals surface area contributed by atoms with Crippen molar-refractivity contribution < 1.29 is 0 Å². The van der Waals surface area contributed by atoms with Crippen molar-refractivity contribution in [1.29, 1.82) is 0 Å². The van der Waals surface area contributed by atoms with Gasteiger partial charge in [-0.1, -0.05) is 65.2 Å². The van der Waals surface area contributed by atoms with Crippen LogP contribution in [0.1, 0.15) is 59.7 Å². The molecule has 0 saturated heterocycles. The molecule has 2 rings (SSSR count). The SMILES string of the molecule is [B]c1cc(C)c(C)c(B(c2c(C)c(C)c(C)c(S)c2C)C(C)(C)C)c1C. The van der Waals surface area contributed by atoms with Crippen LogP contribution in [0.4, 0.5) is 0 Å². The summed E-state index contributed by atoms with van der Waals surface area (Å²) in [4.78, 5) is 1.12. The summed E-state index contributed by atoms with van der Waals surface area (Å²) >= 11 is 4.87. The van der Waals surface area contributed by atoms with Gasteiger partial charge < -0.3 is 0 Å². The summed E-state index contributed by atoms with van der Waals surface area (Å²) in [6.07, 6.45) is 0. The summed E-state index contributed by atoms with van der Waals surface area (Å²) in [7, 11) is 6.39. The van der Waals surface area contributed by atoms with Crippen LogP contribution in [0.2, 0.25) is 5.31 Å². The molecule has 0 amide bonds. The molecule has 0 N–H and O–H groups in total. The number of aryl methyl sites for hydroxylation is 1. The van der Waals surface area contributed by atoms with Gasteiger partial charge in [0.15, 0.2) is 0 Å². The second kappa shape index (κ2) is 7.15. The van der Waals surface area contributed by atoms with Gasteiger partial charge in [0.25, 0.3) is 0 Å². The molecule has 0 saturated carbocycles. The van der Waals surface area contributed by atoms with E-state index in [2.05, 4.69) is 75.3 Å². The minimum absolute atomic E-state index is 0.0627. The summed E-state index contributed by atoms with van der Waals surface area (Å²) in [6.45, 7) is 22.7. The number of hydrogen-bond donors (Lipinski definition) is 1. The zero-order valence-corrected chi connectivity index (χ0v) is 19.1. The quantitative estimate of drug-likeness (QED) is 0.597. The molecule has 0 aliphatic heterocycles. The van der Waals surface area contributed by atoms with E-state index in [-0.39, 0.29) is 12.0 Å². The fourth-order valence-electron chi connectivity index (χ4n) is 4.33. The van der Waals surface area contributed by atoms with Crippen molar-refractivity contribution in [3.63, 3.8) is 0 Å². The fraction of sp³-hybridized carbons (Fsp3) is 0.478. The summed E-state index contributed by atoms with van der Waals surface area (Å²) in [5, 5.41) is 0.0627. The summed E-state index contributed by atoms with van der Waals surface area (Å²) in [5.74, 6) is 0. The summed E-state index contributed by atoms with van der Waals surface area (Å²) in [6, 6.07) is 2.11. The second-order valence-electron chi connectivity index (χ2n) is 9.01. The Morgan fingerprint density at radius 3 is 1.73 bits per heavy atom. The van der Waals surface area contributed by atoms with Crippen LogP contribution in [0.15, 0.2) is 11.0 Å². The van der Waals surface area contributed by atoms with Gasteiger partial charge in [-0.2, -0.15) is 0 Å². The van der Waals surface area contributed by atoms with Crippen LogP contribution in [0, 0.1) is 48.5 Å². The predicted octanol–water partition coefficient (Wildman–Crippen LogP) is 4.34. The van der Waals surface area contributed by atoms with Gasteiger partial charge in [-0.25, -0.2) is 0 Å². The molecule has 3 heteroatoms. The molecule has 2 aromatic rings. The zero-order chi connectivity index (χ0) is 20.1. The number of rotatable bonds is 2. The number of benzene rings is 2. The van der Waals surface area contributed by atoms with E-state index in [1.165, 1.54) is 49.9 Å². The van der Waals surface area contributed by atoms with E-state index in [0.717, 1.165) is 10.4 Å². The highest BCUT2D eigenvalue weighted by Crippen LogP contribution is 2.32. The van der Waals surface area contributed by atoms with E-state index < -0.39 is 0 Å². The molecule has 0 fully saturated rings. The van der Waals surface area contributed by atoms with E-state index in [4.69, 9.17) is 20.5 Å². The molecule has 0 heterocycles. The molecule has 2 aromatic carbocycles. The maximum absolute atomic E-state index is 6.39. The van der Waals surface area contributed by atoms with E-state index in [9.17, 15) is 0 Å². The average molecular weight is 362 g/mol. The molecular formula is C23H32B2S. The first-order valence-corrected chi connectivity index (χ1v) is 9.90. The maximum atomic E-state index is 6.39. The topological polar surface area (TPSA) is 0 Å². The van der Waals surface area contributed by atoms with Crippen LogP contribution in [-0.2, 0) is 0 Å². The van der Waals surface area contributed by atoms with Crippen molar-refractivity contribution in [2.75, 3.05) is 0 Å². The molecule has 136 valence electrons. The first-order valence-electron chi connectivity index (χ1n) is 9.46. The van der Waals surface area contributed by atoms with E-state index in [1.807, 2.05) is 0 Å². The molecule has 0 unspecified atom stereocenters. The Kier molecular flexibility index (Phi) is 5.84. The Morgan fingerprint density at radius 2 is 1.23 bits per heavy atom. The summed E-state index contributed by atoms with van der Waals surface area (Å²) < 4.78 is 0. The lowest BCUT2D eigenvalue weighted by atomic mass is 9.26. The third-order valence-electron chi connectivity index (χ3n) is 6.29. The van der Waals surface area contributed by atoms with Crippen molar-refractivity contribution in [3.8, 4) is 0 Å². The third kappa shape index (κ3) is 3.40. The molecule has 2 radical (unpaired) electrons. The molecule has 0 aliphatic rings. The number of hydrogen-bond acceptors (Lipinski definition) is 1. The maximum Gasteiger partial charge on any atom is 0.216 e. The van der Waals surface area contributed by atoms with Gasteiger partial charge in [-0.15, -0.1) is 12.6 Å². The number of thiol groups is 1. The Hall–Kier alpha value is -1.08. The smallest absolute Gasteiger partial charge is 0.143 e. The van der Waals surface area contributed by atoms with Gasteiger partial charge in [-0.3, -0.25) is 0 Å².